The molecule has 1 aromatic rings. The molecular formula is C23H29F6N5O4. The number of nitrogens with zero attached hydrogens (tertiary/aromatic N) is 3. The maximum absolute atomic E-state index is 12.7. The number of carbonyl (C=O) groups is 2. The number of allylic oxidation sites excluding steroid dienone is 3. The average molecular weight is 554 g/mol. The van der Waals surface area contributed by atoms with Gasteiger partial charge >= 0.3 is 12.4 Å². The van der Waals surface area contributed by atoms with Crippen molar-refractivity contribution in [2.45, 2.75) is 31.6 Å². The van der Waals surface area contributed by atoms with Gasteiger partial charge in [-0.2, -0.15) is 26.3 Å². The molecular weight excluding hydrogens is 524 g/mol. The van der Waals surface area contributed by atoms with Gasteiger partial charge in [0.05, 0.1) is 5.70 Å². The Morgan fingerprint density at radius 2 is 1.87 bits per heavy atom. The number of hydrogen-bond acceptors (Lipinski definition) is 8. The van der Waals surface area contributed by atoms with Crippen LogP contribution in [-0.2, 0) is 9.59 Å². The third-order valence-electron chi connectivity index (χ3n) is 4.95. The largest absolute Gasteiger partial charge is 0.478 e. The van der Waals surface area contributed by atoms with Crippen LogP contribution in [0, 0.1) is 5.92 Å². The van der Waals surface area contributed by atoms with E-state index in [9.17, 15) is 31.1 Å². The number of piperidine rings is 1. The summed E-state index contributed by atoms with van der Waals surface area (Å²) < 4.78 is 85.8. The maximum atomic E-state index is 12.7. The highest BCUT2D eigenvalue weighted by Crippen LogP contribution is 2.30. The average Bonchev–Trinajstić information content (AvgIpc) is 2.87. The van der Waals surface area contributed by atoms with Crippen molar-refractivity contribution in [3.63, 3.8) is 0 Å². The van der Waals surface area contributed by atoms with Crippen molar-refractivity contribution in [2.75, 3.05) is 26.7 Å². The summed E-state index contributed by atoms with van der Waals surface area (Å²) in [6.07, 6.45) is -0.747. The Balaban J connectivity index is 0.00000172. The van der Waals surface area contributed by atoms with Crippen molar-refractivity contribution in [3.05, 3.63) is 54.2 Å². The first-order valence-electron chi connectivity index (χ1n) is 11.1. The van der Waals surface area contributed by atoms with Crippen LogP contribution in [0.1, 0.15) is 19.3 Å². The van der Waals surface area contributed by atoms with E-state index in [1.165, 1.54) is 48.7 Å². The smallest absolute Gasteiger partial charge is 0.422 e. The Hall–Kier alpha value is -3.59. The van der Waals surface area contributed by atoms with Crippen LogP contribution < -0.4 is 21.1 Å². The molecule has 1 atom stereocenters. The van der Waals surface area contributed by atoms with Crippen molar-refractivity contribution in [3.8, 4) is 11.6 Å². The predicted molar refractivity (Wildman–Crippen MR) is 125 cm³/mol. The monoisotopic (exact) mass is 553 g/mol. The Kier molecular flexibility index (Phi) is 12.8. The van der Waals surface area contributed by atoms with Crippen molar-refractivity contribution >= 4 is 12.7 Å². The van der Waals surface area contributed by atoms with Crippen LogP contribution in [0.2, 0.25) is 0 Å². The Morgan fingerprint density at radius 1 is 1.18 bits per heavy atom. The molecule has 0 saturated carbocycles. The fourth-order valence-electron chi connectivity index (χ4n) is 3.45. The van der Waals surface area contributed by atoms with Crippen LogP contribution in [0.4, 0.5) is 26.3 Å². The molecule has 38 heavy (non-hydrogen) atoms. The summed E-state index contributed by atoms with van der Waals surface area (Å²) in [5, 5.41) is 1.22. The Morgan fingerprint density at radius 3 is 2.50 bits per heavy atom. The van der Waals surface area contributed by atoms with Crippen molar-refractivity contribution in [1.29, 1.82) is 0 Å². The van der Waals surface area contributed by atoms with E-state index < -0.39 is 37.3 Å². The lowest BCUT2D eigenvalue weighted by molar-refractivity contribution is -0.166. The second kappa shape index (κ2) is 15.0. The van der Waals surface area contributed by atoms with Crippen molar-refractivity contribution < 1.29 is 45.4 Å². The van der Waals surface area contributed by atoms with Crippen LogP contribution in [0.5, 0.6) is 11.6 Å². The number of halogens is 6. The lowest BCUT2D eigenvalue weighted by Gasteiger charge is -2.32. The summed E-state index contributed by atoms with van der Waals surface area (Å²) in [4.78, 5) is 25.1. The molecule has 0 aromatic carbocycles. The van der Waals surface area contributed by atoms with Crippen LogP contribution in [-0.4, -0.2) is 66.7 Å². The number of nitrogens with two attached hydrogens (primary N) is 2. The van der Waals surface area contributed by atoms with Crippen molar-refractivity contribution in [2.24, 2.45) is 17.5 Å². The standard InChI is InChI=1S/C21H22F6N4O3.CH5N.CH2O/c22-20(23,24)12-30-9-2-3-14(19(30)32)5-6-15-11-16(7-10-31(15)28)34-18-17(4-1-8-29-18)33-13-21(25,26)27;2*1-2/h1,4,6-8,10-11,14H,2-3,5,9,12-13,28H2;2H2,1H3;1H2/b15-6-;;. The topological polar surface area (TPSA) is 124 Å². The SMILES string of the molecule is C=O.CN.NN1C=CC(Oc2ncccc2OCC(F)(F)F)=C/C1=C/CC1CCCN(CC(F)(F)F)C1=O. The normalized spacial score (nSPS) is 18.7. The van der Waals surface area contributed by atoms with Gasteiger partial charge in [0.15, 0.2) is 12.4 Å². The third-order valence-corrected chi connectivity index (χ3v) is 4.95. The van der Waals surface area contributed by atoms with Gasteiger partial charge in [-0.25, -0.2) is 10.8 Å². The summed E-state index contributed by atoms with van der Waals surface area (Å²) in [5.41, 5.74) is 4.88. The molecule has 1 unspecified atom stereocenters. The fourth-order valence-corrected chi connectivity index (χ4v) is 3.45. The first-order valence-corrected chi connectivity index (χ1v) is 11.1. The molecule has 9 nitrogen and oxygen atoms in total. The summed E-state index contributed by atoms with van der Waals surface area (Å²) in [6.45, 7) is -0.754. The number of aromatic nitrogens is 1. The zero-order valence-electron chi connectivity index (χ0n) is 20.5. The zero-order chi connectivity index (χ0) is 28.9. The van der Waals surface area contributed by atoms with Gasteiger partial charge in [0.2, 0.25) is 5.91 Å². The highest BCUT2D eigenvalue weighted by atomic mass is 19.4. The fraction of sp³-hybridized carbons (Fsp3) is 0.435. The number of amides is 1. The molecule has 4 N–H and O–H groups in total. The first kappa shape index (κ1) is 32.4. The molecule has 15 heteroatoms. The van der Waals surface area contributed by atoms with Gasteiger partial charge in [0, 0.05) is 30.9 Å². The molecule has 1 saturated heterocycles. The first-order chi connectivity index (χ1) is 17.9. The quantitative estimate of drug-likeness (QED) is 0.389. The minimum atomic E-state index is -4.54. The van der Waals surface area contributed by atoms with Crippen LogP contribution in [0.3, 0.4) is 0 Å². The molecule has 1 fully saturated rings. The summed E-state index contributed by atoms with van der Waals surface area (Å²) in [5.74, 6) is 4.46. The van der Waals surface area contributed by atoms with Crippen LogP contribution >= 0.6 is 0 Å². The summed E-state index contributed by atoms with van der Waals surface area (Å²) in [6, 6.07) is 2.66. The maximum Gasteiger partial charge on any atom is 0.422 e. The zero-order valence-corrected chi connectivity index (χ0v) is 20.5. The number of hydrogen-bond donors (Lipinski definition) is 2. The number of pyridine rings is 1. The van der Waals surface area contributed by atoms with Crippen LogP contribution in [0.15, 0.2) is 54.2 Å². The summed E-state index contributed by atoms with van der Waals surface area (Å²) in [7, 11) is 1.50. The molecule has 3 rings (SSSR count). The number of hydrazine groups is 1. The third kappa shape index (κ3) is 10.8. The van der Waals surface area contributed by atoms with Crippen LogP contribution in [0.25, 0.3) is 0 Å². The number of alkyl halides is 6. The van der Waals surface area contributed by atoms with Gasteiger partial charge in [-0.05, 0) is 44.5 Å². The minimum absolute atomic E-state index is 0.0534. The van der Waals surface area contributed by atoms with Gasteiger partial charge in [-0.15, -0.1) is 0 Å². The van der Waals surface area contributed by atoms with E-state index in [0.29, 0.717) is 18.5 Å². The Bertz CT molecular complexity index is 997. The number of ether oxygens (including phenoxy) is 2. The van der Waals surface area contributed by atoms with E-state index in [0.717, 1.165) is 4.90 Å². The molecule has 1 amide bonds. The molecule has 2 aliphatic rings. The lowest BCUT2D eigenvalue weighted by atomic mass is 9.93. The molecule has 0 bridgehead atoms. The molecule has 0 aliphatic carbocycles. The molecule has 1 aromatic heterocycles. The van der Waals surface area contributed by atoms with E-state index in [-0.39, 0.29) is 30.4 Å². The molecule has 212 valence electrons. The lowest BCUT2D eigenvalue weighted by Crippen LogP contribution is -2.45. The molecule has 0 spiro atoms. The number of carbonyl (C=O) groups excluding carboxylic acids is 2. The molecule has 3 heterocycles. The minimum Gasteiger partial charge on any atom is -0.478 e. The van der Waals surface area contributed by atoms with E-state index >= 15 is 0 Å². The van der Waals surface area contributed by atoms with E-state index in [4.69, 9.17) is 20.1 Å². The van der Waals surface area contributed by atoms with Gasteiger partial charge < -0.3 is 24.9 Å². The van der Waals surface area contributed by atoms with Crippen molar-refractivity contribution in [1.82, 2.24) is 14.9 Å². The highest BCUT2D eigenvalue weighted by Gasteiger charge is 2.37. The van der Waals surface area contributed by atoms with Gasteiger partial charge in [-0.1, -0.05) is 6.08 Å². The Labute approximate surface area is 215 Å². The number of rotatable bonds is 7. The van der Waals surface area contributed by atoms with Gasteiger partial charge in [-0.3, -0.25) is 9.80 Å². The highest BCUT2D eigenvalue weighted by molar-refractivity contribution is 5.79. The summed E-state index contributed by atoms with van der Waals surface area (Å²) >= 11 is 0. The molecule has 2 aliphatic heterocycles. The number of likely N-dealkylation sites (tertiary alicyclic amines) is 1. The predicted octanol–water partition coefficient (Wildman–Crippen LogP) is 3.45. The van der Waals surface area contributed by atoms with Gasteiger partial charge in [0.1, 0.15) is 19.1 Å². The second-order valence-electron chi connectivity index (χ2n) is 7.66. The second-order valence-corrected chi connectivity index (χ2v) is 7.66. The van der Waals surface area contributed by atoms with E-state index in [1.807, 2.05) is 6.79 Å². The van der Waals surface area contributed by atoms with E-state index in [2.05, 4.69) is 10.7 Å². The van der Waals surface area contributed by atoms with Gasteiger partial charge in [0.25, 0.3) is 5.88 Å². The van der Waals surface area contributed by atoms with E-state index in [1.54, 1.807) is 6.08 Å². The molecule has 0 radical (unpaired) electrons.